The first-order chi connectivity index (χ1) is 3.13. The smallest absolute Gasteiger partial charge is 0.0564 e. The van der Waals surface area contributed by atoms with Crippen LogP contribution in [0.25, 0.3) is 0 Å². The number of hydrogen-bond acceptors (Lipinski definition) is 4. The zero-order valence-electron chi connectivity index (χ0n) is 4.92. The van der Waals surface area contributed by atoms with Gasteiger partial charge in [0.2, 0.25) is 0 Å². The average molecular weight is 138 g/mol. The minimum absolute atomic E-state index is 0. The Kier molecular flexibility index (Phi) is 6.52. The van der Waals surface area contributed by atoms with Crippen LogP contribution in [0.15, 0.2) is 0 Å². The van der Waals surface area contributed by atoms with Crippen LogP contribution >= 0.6 is 12.8 Å². The molecule has 0 unspecified atom stereocenters. The Balaban J connectivity index is 0. The quantitative estimate of drug-likeness (QED) is 0.475. The lowest BCUT2D eigenvalue weighted by molar-refractivity contribution is -0.305. The largest absolute Gasteiger partial charge is 0.549 e. The fraction of sp³-hybridized carbons (Fsp3) is 0.667. The Labute approximate surface area is 53.6 Å². The topological polar surface area (TPSA) is 79.9 Å². The molecule has 4 N–H and O–H groups in total. The Hall–Kier alpha value is -0.260. The van der Waals surface area contributed by atoms with Gasteiger partial charge in [0.15, 0.2) is 0 Å². The van der Waals surface area contributed by atoms with Crippen molar-refractivity contribution in [1.29, 1.82) is 0 Å². The van der Waals surface area contributed by atoms with Crippen molar-refractivity contribution >= 4 is 18.8 Å². The standard InChI is InChI=1S/C3H7NO2S.H3N/c1-4(7)2-3(5)6;/h7H,2H2,1H3,(H,5,6);1H3. The molecule has 0 aromatic carbocycles. The molecule has 50 valence electrons. The highest BCUT2D eigenvalue weighted by molar-refractivity contribution is 7.77. The van der Waals surface area contributed by atoms with Crippen LogP contribution in [0.1, 0.15) is 0 Å². The third kappa shape index (κ3) is 9.22. The molecule has 0 radical (unpaired) electrons. The average Bonchev–Trinajstić information content (AvgIpc) is 1.27. The van der Waals surface area contributed by atoms with Crippen LogP contribution in [0, 0.1) is 0 Å². The molecule has 5 heteroatoms. The van der Waals surface area contributed by atoms with Crippen LogP contribution in [-0.2, 0) is 4.79 Å². The molecule has 0 bridgehead atoms. The van der Waals surface area contributed by atoms with Gasteiger partial charge in [0.05, 0.1) is 5.97 Å². The second kappa shape index (κ2) is 4.89. The molecule has 8 heavy (non-hydrogen) atoms. The maximum absolute atomic E-state index is 9.61. The molecule has 0 rings (SSSR count). The molecule has 0 aromatic heterocycles. The number of hydrogen-bond donors (Lipinski definition) is 2. The van der Waals surface area contributed by atoms with Crippen molar-refractivity contribution in [2.24, 2.45) is 0 Å². The number of carbonyl (C=O) groups is 1. The zero-order chi connectivity index (χ0) is 5.86. The van der Waals surface area contributed by atoms with Crippen LogP contribution in [0.2, 0.25) is 0 Å². The molecule has 0 amide bonds. The summed E-state index contributed by atoms with van der Waals surface area (Å²) in [5, 5.41) is 9.61. The molecule has 4 nitrogen and oxygen atoms in total. The van der Waals surface area contributed by atoms with E-state index in [2.05, 4.69) is 12.8 Å². The number of likely N-dealkylation sites (N-methyl/N-ethyl adjacent to an activating group) is 1. The summed E-state index contributed by atoms with van der Waals surface area (Å²) in [6.45, 7) is -0.136. The first-order valence-electron chi connectivity index (χ1n) is 1.73. The van der Waals surface area contributed by atoms with Crippen molar-refractivity contribution in [3.63, 3.8) is 0 Å². The van der Waals surface area contributed by atoms with Crippen LogP contribution in [0.3, 0.4) is 0 Å². The van der Waals surface area contributed by atoms with Crippen LogP contribution in [0.4, 0.5) is 0 Å². The molecule has 0 heterocycles. The molecule has 0 aliphatic rings. The van der Waals surface area contributed by atoms with Gasteiger partial charge in [0, 0.05) is 6.54 Å². The van der Waals surface area contributed by atoms with Crippen molar-refractivity contribution in [1.82, 2.24) is 10.5 Å². The molecular formula is C3H10N2O2S. The Morgan fingerprint density at radius 3 is 2.25 bits per heavy atom. The Morgan fingerprint density at radius 2 is 2.25 bits per heavy atom. The van der Waals surface area contributed by atoms with Gasteiger partial charge in [-0.1, -0.05) is 12.8 Å². The lowest BCUT2D eigenvalue weighted by atomic mass is 10.7. The summed E-state index contributed by atoms with van der Waals surface area (Å²) in [5.41, 5.74) is 0. The lowest BCUT2D eigenvalue weighted by Crippen LogP contribution is -2.31. The highest BCUT2D eigenvalue weighted by Crippen LogP contribution is 1.80. The minimum atomic E-state index is -1.11. The van der Waals surface area contributed by atoms with Gasteiger partial charge in [0.25, 0.3) is 0 Å². The Morgan fingerprint density at radius 1 is 1.88 bits per heavy atom. The van der Waals surface area contributed by atoms with Crippen molar-refractivity contribution in [2.75, 3.05) is 13.6 Å². The SMILES string of the molecule is CN(S)CC(=O)[O-].[NH4+]. The molecule has 0 aliphatic heterocycles. The van der Waals surface area contributed by atoms with Crippen molar-refractivity contribution in [3.05, 3.63) is 0 Å². The van der Waals surface area contributed by atoms with Gasteiger partial charge in [0.1, 0.15) is 0 Å². The van der Waals surface area contributed by atoms with Gasteiger partial charge in [-0.25, -0.2) is 0 Å². The number of thiol groups is 1. The molecular weight excluding hydrogens is 128 g/mol. The predicted molar refractivity (Wildman–Crippen MR) is 32.6 cm³/mol. The number of quaternary nitrogens is 1. The van der Waals surface area contributed by atoms with E-state index in [1.165, 1.54) is 4.31 Å². The van der Waals surface area contributed by atoms with Gasteiger partial charge in [-0.3, -0.25) is 4.31 Å². The zero-order valence-corrected chi connectivity index (χ0v) is 5.81. The van der Waals surface area contributed by atoms with Gasteiger partial charge < -0.3 is 16.1 Å². The molecule has 0 saturated heterocycles. The number of carbonyl (C=O) groups excluding carboxylic acids is 1. The van der Waals surface area contributed by atoms with Crippen LogP contribution in [0.5, 0.6) is 0 Å². The van der Waals surface area contributed by atoms with Gasteiger partial charge in [-0.15, -0.1) is 0 Å². The maximum atomic E-state index is 9.61. The number of rotatable bonds is 2. The summed E-state index contributed by atoms with van der Waals surface area (Å²) >= 11 is 3.65. The van der Waals surface area contributed by atoms with Crippen molar-refractivity contribution < 1.29 is 9.90 Å². The van der Waals surface area contributed by atoms with Gasteiger partial charge in [-0.2, -0.15) is 0 Å². The highest BCUT2D eigenvalue weighted by Gasteiger charge is 1.86. The second-order valence-electron chi connectivity index (χ2n) is 1.19. The number of carboxylic acid groups (broad SMARTS) is 1. The Bertz CT molecular complexity index is 75.7. The van der Waals surface area contributed by atoms with E-state index in [1.807, 2.05) is 0 Å². The second-order valence-corrected chi connectivity index (χ2v) is 1.87. The summed E-state index contributed by atoms with van der Waals surface area (Å²) in [5.74, 6) is -1.11. The fourth-order valence-corrected chi connectivity index (χ4v) is 0.302. The third-order valence-corrected chi connectivity index (χ3v) is 0.499. The third-order valence-electron chi connectivity index (χ3n) is 0.358. The molecule has 0 saturated carbocycles. The molecule has 0 aliphatic carbocycles. The minimum Gasteiger partial charge on any atom is -0.549 e. The van der Waals surface area contributed by atoms with Crippen LogP contribution in [-0.4, -0.2) is 23.9 Å². The van der Waals surface area contributed by atoms with E-state index in [4.69, 9.17) is 0 Å². The predicted octanol–water partition coefficient (Wildman–Crippen LogP) is -1.11. The van der Waals surface area contributed by atoms with E-state index < -0.39 is 5.97 Å². The maximum Gasteiger partial charge on any atom is 0.0564 e. The van der Waals surface area contributed by atoms with E-state index in [0.29, 0.717) is 0 Å². The summed E-state index contributed by atoms with van der Waals surface area (Å²) in [6, 6.07) is 0. The monoisotopic (exact) mass is 138 g/mol. The fourth-order valence-electron chi connectivity index (χ4n) is 0.187. The summed E-state index contributed by atoms with van der Waals surface area (Å²) in [6.07, 6.45) is 0. The van der Waals surface area contributed by atoms with E-state index in [0.717, 1.165) is 0 Å². The highest BCUT2D eigenvalue weighted by atomic mass is 32.1. The normalized spacial score (nSPS) is 8.38. The van der Waals surface area contributed by atoms with E-state index in [-0.39, 0.29) is 12.7 Å². The molecule has 0 aromatic rings. The summed E-state index contributed by atoms with van der Waals surface area (Å²) in [4.78, 5) is 9.61. The van der Waals surface area contributed by atoms with E-state index in [9.17, 15) is 9.90 Å². The summed E-state index contributed by atoms with van der Waals surface area (Å²) < 4.78 is 1.23. The van der Waals surface area contributed by atoms with Crippen LogP contribution < -0.4 is 11.3 Å². The number of nitrogens with zero attached hydrogens (tertiary/aromatic N) is 1. The molecule has 0 atom stereocenters. The van der Waals surface area contributed by atoms with Gasteiger partial charge >= 0.3 is 0 Å². The van der Waals surface area contributed by atoms with E-state index >= 15 is 0 Å². The van der Waals surface area contributed by atoms with Crippen molar-refractivity contribution in [3.8, 4) is 0 Å². The van der Waals surface area contributed by atoms with E-state index in [1.54, 1.807) is 7.05 Å². The first-order valence-corrected chi connectivity index (χ1v) is 2.13. The van der Waals surface area contributed by atoms with Gasteiger partial charge in [-0.05, 0) is 7.05 Å². The van der Waals surface area contributed by atoms with Crippen molar-refractivity contribution in [2.45, 2.75) is 0 Å². The lowest BCUT2D eigenvalue weighted by Gasteiger charge is -2.06. The first kappa shape index (κ1) is 10.7. The number of carboxylic acids is 1. The number of aliphatic carboxylic acids is 1. The summed E-state index contributed by atoms with van der Waals surface area (Å²) in [7, 11) is 1.54. The molecule has 0 spiro atoms. The molecule has 0 fully saturated rings.